The van der Waals surface area contributed by atoms with Crippen molar-refractivity contribution in [3.8, 4) is 5.88 Å². The number of carbonyl (C=O) groups excluding carboxylic acids is 1. The Morgan fingerprint density at radius 1 is 1.00 bits per heavy atom. The Hall–Kier alpha value is -6.12. The molecule has 2 aliphatic rings. The highest BCUT2D eigenvalue weighted by Gasteiger charge is 2.45. The number of imidazole rings is 1. The van der Waals surface area contributed by atoms with E-state index in [-0.39, 0.29) is 28.8 Å². The van der Waals surface area contributed by atoms with Crippen LogP contribution < -0.4 is 20.7 Å². The molecular formula is C46H53N8O5S+. The van der Waals surface area contributed by atoms with Crippen LogP contribution in [0.1, 0.15) is 81.7 Å². The second kappa shape index (κ2) is 16.9. The molecule has 2 aromatic heterocycles. The molecule has 5 aromatic rings. The molecule has 13 nitrogen and oxygen atoms in total. The number of likely N-dealkylation sites (N-methyl/N-ethyl adjacent to an activating group) is 1. The number of aromatic nitrogens is 4. The Kier molecular flexibility index (Phi) is 11.8. The minimum atomic E-state index is -4.32. The number of anilines is 2. The monoisotopic (exact) mass is 829 g/mol. The summed E-state index contributed by atoms with van der Waals surface area (Å²) < 4.78 is 41.6. The van der Waals surface area contributed by atoms with E-state index in [1.165, 1.54) is 34.9 Å². The number of amides is 1. The van der Waals surface area contributed by atoms with Gasteiger partial charge in [-0.2, -0.15) is 23.0 Å². The van der Waals surface area contributed by atoms with Gasteiger partial charge in [-0.15, -0.1) is 0 Å². The number of nitrogens with two attached hydrogens (primary N) is 1. The molecule has 0 saturated heterocycles. The Balaban J connectivity index is 0.992. The summed E-state index contributed by atoms with van der Waals surface area (Å²) in [5, 5.41) is 3.10. The second-order valence-electron chi connectivity index (χ2n) is 16.0. The van der Waals surface area contributed by atoms with Crippen molar-refractivity contribution in [1.29, 1.82) is 0 Å². The molecule has 0 bridgehead atoms. The molecule has 4 heterocycles. The van der Waals surface area contributed by atoms with E-state index in [0.717, 1.165) is 41.1 Å². The van der Waals surface area contributed by atoms with Gasteiger partial charge in [-0.25, -0.2) is 4.98 Å². The number of aromatic amines is 1. The van der Waals surface area contributed by atoms with Crippen LogP contribution in [0.5, 0.6) is 5.88 Å². The zero-order valence-corrected chi connectivity index (χ0v) is 35.8. The lowest BCUT2D eigenvalue weighted by Crippen LogP contribution is -2.29. The maximum atomic E-state index is 13.2. The molecule has 2 aliphatic heterocycles. The first-order valence-corrected chi connectivity index (χ1v) is 21.7. The molecular weight excluding hydrogens is 777 g/mol. The van der Waals surface area contributed by atoms with E-state index in [0.29, 0.717) is 43.0 Å². The van der Waals surface area contributed by atoms with Gasteiger partial charge in [-0.05, 0) is 95.3 Å². The number of benzene rings is 3. The average molecular weight is 830 g/mol. The van der Waals surface area contributed by atoms with Crippen LogP contribution in [0.2, 0.25) is 0 Å². The van der Waals surface area contributed by atoms with Gasteiger partial charge in [0.2, 0.25) is 23.4 Å². The van der Waals surface area contributed by atoms with E-state index in [2.05, 4.69) is 113 Å². The Morgan fingerprint density at radius 2 is 1.77 bits per heavy atom. The third kappa shape index (κ3) is 8.34. The summed E-state index contributed by atoms with van der Waals surface area (Å²) in [6.45, 7) is 15.0. The first-order valence-electron chi connectivity index (χ1n) is 20.3. The fourth-order valence-electron chi connectivity index (χ4n) is 8.51. The largest absolute Gasteiger partial charge is 0.471 e. The van der Waals surface area contributed by atoms with Crippen molar-refractivity contribution in [1.82, 2.24) is 25.3 Å². The number of hydrogen-bond donors (Lipinski definition) is 4. The van der Waals surface area contributed by atoms with Gasteiger partial charge >= 0.3 is 0 Å². The SMILES string of the molecule is CCN1C(=CC=CC=CC2=[N+](CC)c3ccc(S(=O)(=O)O)cc3C2(C)C)C(C)(CCCC(=O)NCc2ccc(COc3nc(N)nc4nc[nH]c34)cc2)c2cc(C)ccc21. The van der Waals surface area contributed by atoms with Gasteiger partial charge in [0.15, 0.2) is 11.4 Å². The van der Waals surface area contributed by atoms with Crippen molar-refractivity contribution in [2.75, 3.05) is 23.7 Å². The van der Waals surface area contributed by atoms with Crippen LogP contribution in [-0.2, 0) is 38.9 Å². The topological polar surface area (TPSA) is 179 Å². The van der Waals surface area contributed by atoms with Gasteiger partial charge in [0.05, 0.1) is 16.6 Å². The van der Waals surface area contributed by atoms with Crippen LogP contribution in [0.4, 0.5) is 17.3 Å². The van der Waals surface area contributed by atoms with E-state index >= 15 is 0 Å². The van der Waals surface area contributed by atoms with Gasteiger partial charge in [-0.1, -0.05) is 60.2 Å². The number of nitrogens with one attached hydrogen (secondary N) is 2. The van der Waals surface area contributed by atoms with Crippen LogP contribution in [0, 0.1) is 6.92 Å². The average Bonchev–Trinajstić information content (AvgIpc) is 3.84. The lowest BCUT2D eigenvalue weighted by Gasteiger charge is -2.30. The summed E-state index contributed by atoms with van der Waals surface area (Å²) in [5.41, 5.74) is 15.6. The van der Waals surface area contributed by atoms with Crippen LogP contribution in [-0.4, -0.2) is 62.2 Å². The summed E-state index contributed by atoms with van der Waals surface area (Å²) in [5.74, 6) is 0.439. The molecule has 14 heteroatoms. The zero-order valence-electron chi connectivity index (χ0n) is 35.0. The summed E-state index contributed by atoms with van der Waals surface area (Å²) in [7, 11) is -4.32. The lowest BCUT2D eigenvalue weighted by molar-refractivity contribution is -0.433. The summed E-state index contributed by atoms with van der Waals surface area (Å²) >= 11 is 0. The minimum Gasteiger partial charge on any atom is -0.471 e. The lowest BCUT2D eigenvalue weighted by atomic mass is 9.76. The summed E-state index contributed by atoms with van der Waals surface area (Å²) in [4.78, 5) is 30.8. The van der Waals surface area contributed by atoms with E-state index in [1.54, 1.807) is 12.1 Å². The molecule has 0 fully saturated rings. The first-order chi connectivity index (χ1) is 28.6. The van der Waals surface area contributed by atoms with Crippen molar-refractivity contribution in [2.45, 2.75) is 89.7 Å². The van der Waals surface area contributed by atoms with Gasteiger partial charge in [-0.3, -0.25) is 9.35 Å². The molecule has 1 unspecified atom stereocenters. The van der Waals surface area contributed by atoms with Crippen LogP contribution >= 0.6 is 0 Å². The number of carbonyl (C=O) groups is 1. The standard InChI is InChI=1S/C46H52N8O5S/c1-7-53-36-23-21-33(60(56,57)58)26-34(36)45(4,5)38(53)13-10-9-11-14-39-46(6,35-25-30(3)16-22-37(35)54(39)8-2)24-12-15-40(55)48-27-31-17-19-32(20-18-31)28-59-43-41-42(50-29-49-41)51-44(47)52-43/h9-11,13-14,16-23,25-26,29H,7-8,12,15,24,27-28H2,1-6H3,(H4-,47,48,49,50,51,52,55,56,57,58)/p+1. The maximum absolute atomic E-state index is 13.2. The number of hydrogen-bond acceptors (Lipinski definition) is 9. The highest BCUT2D eigenvalue weighted by Crippen LogP contribution is 2.51. The van der Waals surface area contributed by atoms with Gasteiger partial charge in [0.1, 0.15) is 18.7 Å². The molecule has 0 saturated carbocycles. The quantitative estimate of drug-likeness (QED) is 0.0463. The molecule has 1 atom stereocenters. The van der Waals surface area contributed by atoms with Crippen LogP contribution in [0.25, 0.3) is 11.2 Å². The Labute approximate surface area is 351 Å². The van der Waals surface area contributed by atoms with Crippen molar-refractivity contribution in [3.63, 3.8) is 0 Å². The van der Waals surface area contributed by atoms with Gasteiger partial charge in [0, 0.05) is 54.0 Å². The fourth-order valence-corrected chi connectivity index (χ4v) is 9.01. The predicted octanol–water partition coefficient (Wildman–Crippen LogP) is 7.75. The normalized spacial score (nSPS) is 18.0. The Bertz CT molecular complexity index is 2680. The molecule has 5 N–H and O–H groups in total. The Morgan fingerprint density at radius 3 is 2.50 bits per heavy atom. The van der Waals surface area contributed by atoms with Crippen molar-refractivity contribution in [2.24, 2.45) is 0 Å². The number of H-pyrrole nitrogens is 1. The van der Waals surface area contributed by atoms with Crippen LogP contribution in [0.3, 0.4) is 0 Å². The molecule has 0 aliphatic carbocycles. The predicted molar refractivity (Wildman–Crippen MR) is 235 cm³/mol. The molecule has 60 heavy (non-hydrogen) atoms. The van der Waals surface area contributed by atoms with Crippen molar-refractivity contribution < 1.29 is 27.1 Å². The highest BCUT2D eigenvalue weighted by molar-refractivity contribution is 7.85. The molecule has 0 spiro atoms. The molecule has 1 amide bonds. The molecule has 312 valence electrons. The van der Waals surface area contributed by atoms with E-state index in [4.69, 9.17) is 10.5 Å². The summed E-state index contributed by atoms with van der Waals surface area (Å²) in [6, 6.07) is 19.3. The summed E-state index contributed by atoms with van der Waals surface area (Å²) in [6.07, 6.45) is 13.8. The zero-order chi connectivity index (χ0) is 42.8. The van der Waals surface area contributed by atoms with Crippen molar-refractivity contribution >= 4 is 50.2 Å². The van der Waals surface area contributed by atoms with Crippen LogP contribution in [0.15, 0.2) is 108 Å². The third-order valence-electron chi connectivity index (χ3n) is 11.7. The molecule has 7 rings (SSSR count). The smallest absolute Gasteiger partial charge is 0.294 e. The van der Waals surface area contributed by atoms with E-state index in [9.17, 15) is 17.8 Å². The van der Waals surface area contributed by atoms with Crippen molar-refractivity contribution in [3.05, 3.63) is 131 Å². The fraction of sp³-hybridized carbons (Fsp3) is 0.326. The number of nitrogen functional groups attached to an aromatic ring is 1. The number of ether oxygens (including phenoxy) is 1. The number of rotatable bonds is 15. The minimum absolute atomic E-state index is 0.00567. The van der Waals surface area contributed by atoms with Gasteiger partial charge < -0.3 is 25.7 Å². The number of aryl methyl sites for hydroxylation is 1. The second-order valence-corrected chi connectivity index (χ2v) is 17.4. The molecule has 0 radical (unpaired) electrons. The third-order valence-corrected chi connectivity index (χ3v) is 12.5. The molecule has 3 aromatic carbocycles. The van der Waals surface area contributed by atoms with E-state index in [1.807, 2.05) is 36.4 Å². The first kappa shape index (κ1) is 42.0. The maximum Gasteiger partial charge on any atom is 0.294 e. The van der Waals surface area contributed by atoms with E-state index < -0.39 is 15.5 Å². The highest BCUT2D eigenvalue weighted by atomic mass is 32.2. The number of nitrogens with zero attached hydrogens (tertiary/aromatic N) is 5. The number of allylic oxidation sites excluding steroid dienone is 6. The number of fused-ring (bicyclic) bond motifs is 3. The van der Waals surface area contributed by atoms with Gasteiger partial charge in [0.25, 0.3) is 10.1 Å².